The lowest BCUT2D eigenvalue weighted by Crippen LogP contribution is -2.32. The lowest BCUT2D eigenvalue weighted by atomic mass is 10.0. The van der Waals surface area contributed by atoms with Crippen molar-refractivity contribution >= 4 is 5.97 Å². The topological polar surface area (TPSA) is 74.2 Å². The molecule has 2 atom stereocenters. The first kappa shape index (κ1) is 19.8. The summed E-state index contributed by atoms with van der Waals surface area (Å²) in [6.07, 6.45) is -2.35. The van der Waals surface area contributed by atoms with Gasteiger partial charge < -0.3 is 24.1 Å². The molecule has 1 N–H and O–H groups in total. The summed E-state index contributed by atoms with van der Waals surface area (Å²) in [6, 6.07) is 14.8. The molecule has 6 heteroatoms. The second-order valence-electron chi connectivity index (χ2n) is 5.52. The number of benzene rings is 2. The van der Waals surface area contributed by atoms with Crippen LogP contribution in [0.3, 0.4) is 0 Å². The maximum absolute atomic E-state index is 11.9. The first-order chi connectivity index (χ1) is 12.6. The molecule has 0 aromatic heterocycles. The van der Waals surface area contributed by atoms with Crippen molar-refractivity contribution in [2.75, 3.05) is 20.8 Å². The Morgan fingerprint density at radius 2 is 1.85 bits per heavy atom. The van der Waals surface area contributed by atoms with Crippen LogP contribution in [-0.4, -0.2) is 38.0 Å². The predicted octanol–water partition coefficient (Wildman–Crippen LogP) is 2.89. The minimum atomic E-state index is -1.22. The van der Waals surface area contributed by atoms with Crippen molar-refractivity contribution in [2.45, 2.75) is 25.7 Å². The van der Waals surface area contributed by atoms with E-state index in [9.17, 15) is 9.90 Å². The fourth-order valence-corrected chi connectivity index (χ4v) is 2.51. The molecule has 140 valence electrons. The molecule has 0 radical (unpaired) electrons. The van der Waals surface area contributed by atoms with Gasteiger partial charge in [-0.15, -0.1) is 0 Å². The van der Waals surface area contributed by atoms with Crippen LogP contribution >= 0.6 is 0 Å². The highest BCUT2D eigenvalue weighted by Crippen LogP contribution is 2.32. The molecule has 0 heterocycles. The molecule has 0 saturated carbocycles. The van der Waals surface area contributed by atoms with E-state index in [1.54, 1.807) is 25.1 Å². The molecule has 0 unspecified atom stereocenters. The van der Waals surface area contributed by atoms with Gasteiger partial charge in [-0.1, -0.05) is 30.3 Å². The fourth-order valence-electron chi connectivity index (χ4n) is 2.51. The van der Waals surface area contributed by atoms with Crippen LogP contribution in [-0.2, 0) is 20.9 Å². The molecule has 0 aliphatic rings. The molecule has 0 aliphatic heterocycles. The van der Waals surface area contributed by atoms with Gasteiger partial charge in [-0.2, -0.15) is 0 Å². The van der Waals surface area contributed by atoms with Gasteiger partial charge in [0.1, 0.15) is 24.2 Å². The monoisotopic (exact) mass is 360 g/mol. The highest BCUT2D eigenvalue weighted by Gasteiger charge is 2.31. The van der Waals surface area contributed by atoms with E-state index in [2.05, 4.69) is 0 Å². The minimum Gasteiger partial charge on any atom is -0.496 e. The van der Waals surface area contributed by atoms with Crippen molar-refractivity contribution in [3.8, 4) is 11.5 Å². The van der Waals surface area contributed by atoms with Crippen LogP contribution in [0.4, 0.5) is 0 Å². The number of aliphatic hydroxyl groups excluding tert-OH is 1. The van der Waals surface area contributed by atoms with Crippen LogP contribution in [0, 0.1) is 0 Å². The Kier molecular flexibility index (Phi) is 7.44. The minimum absolute atomic E-state index is 0.261. The number of esters is 1. The quantitative estimate of drug-likeness (QED) is 0.693. The van der Waals surface area contributed by atoms with Crippen molar-refractivity contribution < 1.29 is 28.8 Å². The summed E-state index contributed by atoms with van der Waals surface area (Å²) >= 11 is 0. The van der Waals surface area contributed by atoms with Crippen molar-refractivity contribution in [3.63, 3.8) is 0 Å². The normalized spacial score (nSPS) is 12.9. The van der Waals surface area contributed by atoms with E-state index in [1.165, 1.54) is 14.2 Å². The second-order valence-corrected chi connectivity index (χ2v) is 5.52. The summed E-state index contributed by atoms with van der Waals surface area (Å²) in [5.41, 5.74) is 1.46. The number of hydrogen-bond acceptors (Lipinski definition) is 6. The molecule has 0 aliphatic carbocycles. The average molecular weight is 360 g/mol. The standard InChI is InChI=1S/C20H24O6/c1-4-25-19(20(22)24-3)18(21)16-11-10-15(12-17(16)23-2)26-13-14-8-6-5-7-9-14/h5-12,18-19,21H,4,13H2,1-3H3/t18-,19-/m1/s1. The van der Waals surface area contributed by atoms with Crippen molar-refractivity contribution in [1.29, 1.82) is 0 Å². The van der Waals surface area contributed by atoms with E-state index in [0.717, 1.165) is 5.56 Å². The number of hydrogen-bond donors (Lipinski definition) is 1. The van der Waals surface area contributed by atoms with Gasteiger partial charge in [0, 0.05) is 18.2 Å². The van der Waals surface area contributed by atoms with Crippen LogP contribution in [0.5, 0.6) is 11.5 Å². The van der Waals surface area contributed by atoms with Gasteiger partial charge in [-0.25, -0.2) is 4.79 Å². The van der Waals surface area contributed by atoms with Crippen LogP contribution in [0.2, 0.25) is 0 Å². The van der Waals surface area contributed by atoms with Gasteiger partial charge in [0.05, 0.1) is 14.2 Å². The van der Waals surface area contributed by atoms with E-state index in [4.69, 9.17) is 18.9 Å². The summed E-state index contributed by atoms with van der Waals surface area (Å²) in [4.78, 5) is 11.9. The maximum Gasteiger partial charge on any atom is 0.338 e. The second kappa shape index (κ2) is 9.79. The molecular weight excluding hydrogens is 336 g/mol. The van der Waals surface area contributed by atoms with Crippen LogP contribution in [0.1, 0.15) is 24.2 Å². The lowest BCUT2D eigenvalue weighted by molar-refractivity contribution is -0.162. The van der Waals surface area contributed by atoms with Gasteiger partial charge in [0.25, 0.3) is 0 Å². The van der Waals surface area contributed by atoms with Crippen molar-refractivity contribution in [3.05, 3.63) is 59.7 Å². The Morgan fingerprint density at radius 1 is 1.12 bits per heavy atom. The summed E-state index contributed by atoms with van der Waals surface area (Å²) in [7, 11) is 2.74. The van der Waals surface area contributed by atoms with Gasteiger partial charge in [-0.3, -0.25) is 0 Å². The third-order valence-corrected chi connectivity index (χ3v) is 3.84. The van der Waals surface area contributed by atoms with Gasteiger partial charge in [0.2, 0.25) is 0 Å². The van der Waals surface area contributed by atoms with Gasteiger partial charge in [-0.05, 0) is 24.6 Å². The Balaban J connectivity index is 2.17. The predicted molar refractivity (Wildman–Crippen MR) is 96.2 cm³/mol. The number of methoxy groups -OCH3 is 2. The van der Waals surface area contributed by atoms with Gasteiger partial charge >= 0.3 is 5.97 Å². The van der Waals surface area contributed by atoms with Gasteiger partial charge in [0.15, 0.2) is 6.10 Å². The number of rotatable bonds is 9. The molecule has 6 nitrogen and oxygen atoms in total. The molecular formula is C20H24O6. The van der Waals surface area contributed by atoms with Crippen LogP contribution in [0.25, 0.3) is 0 Å². The molecule has 2 aromatic carbocycles. The Labute approximate surface area is 153 Å². The molecule has 0 saturated heterocycles. The summed E-state index contributed by atoms with van der Waals surface area (Å²) in [5.74, 6) is 0.343. The Hall–Kier alpha value is -2.57. The number of carbonyl (C=O) groups excluding carboxylic acids is 1. The van der Waals surface area contributed by atoms with Crippen molar-refractivity contribution in [1.82, 2.24) is 0 Å². The third kappa shape index (κ3) is 4.97. The smallest absolute Gasteiger partial charge is 0.338 e. The zero-order chi connectivity index (χ0) is 18.9. The molecule has 2 rings (SSSR count). The average Bonchev–Trinajstić information content (AvgIpc) is 2.70. The molecule has 0 amide bonds. The zero-order valence-corrected chi connectivity index (χ0v) is 15.2. The Morgan fingerprint density at radius 3 is 2.46 bits per heavy atom. The van der Waals surface area contributed by atoms with Crippen LogP contribution in [0.15, 0.2) is 48.5 Å². The Bertz CT molecular complexity index is 701. The summed E-state index contributed by atoms with van der Waals surface area (Å²) in [5, 5.41) is 10.6. The van der Waals surface area contributed by atoms with E-state index in [-0.39, 0.29) is 6.61 Å². The van der Waals surface area contributed by atoms with Crippen molar-refractivity contribution in [2.24, 2.45) is 0 Å². The van der Waals surface area contributed by atoms with E-state index >= 15 is 0 Å². The number of ether oxygens (including phenoxy) is 4. The molecule has 0 spiro atoms. The number of aliphatic hydroxyl groups is 1. The molecule has 2 aromatic rings. The first-order valence-corrected chi connectivity index (χ1v) is 8.32. The first-order valence-electron chi connectivity index (χ1n) is 8.32. The zero-order valence-electron chi connectivity index (χ0n) is 15.2. The molecule has 0 bridgehead atoms. The third-order valence-electron chi connectivity index (χ3n) is 3.84. The van der Waals surface area contributed by atoms with E-state index < -0.39 is 18.2 Å². The lowest BCUT2D eigenvalue weighted by Gasteiger charge is -2.22. The highest BCUT2D eigenvalue weighted by molar-refractivity contribution is 5.75. The largest absolute Gasteiger partial charge is 0.496 e. The van der Waals surface area contributed by atoms with E-state index in [0.29, 0.717) is 23.7 Å². The van der Waals surface area contributed by atoms with E-state index in [1.807, 2.05) is 30.3 Å². The van der Waals surface area contributed by atoms with Crippen LogP contribution < -0.4 is 9.47 Å². The molecule has 26 heavy (non-hydrogen) atoms. The summed E-state index contributed by atoms with van der Waals surface area (Å²) < 4.78 is 21.2. The highest BCUT2D eigenvalue weighted by atomic mass is 16.6. The molecule has 0 fully saturated rings. The SMILES string of the molecule is CCO[C@@H](C(=O)OC)[C@H](O)c1ccc(OCc2ccccc2)cc1OC. The number of carbonyl (C=O) groups is 1. The fraction of sp³-hybridized carbons (Fsp3) is 0.350. The summed E-state index contributed by atoms with van der Waals surface area (Å²) in [6.45, 7) is 2.41. The maximum atomic E-state index is 11.9.